The lowest BCUT2D eigenvalue weighted by molar-refractivity contribution is 1.31. The van der Waals surface area contributed by atoms with Gasteiger partial charge in [-0.3, -0.25) is 0 Å². The van der Waals surface area contributed by atoms with Crippen molar-refractivity contribution in [1.82, 2.24) is 0 Å². The molecule has 0 saturated heterocycles. The lowest BCUT2D eigenvalue weighted by atomic mass is 10.1. The van der Waals surface area contributed by atoms with E-state index >= 15 is 0 Å². The number of nitrogens with two attached hydrogens (primary N) is 1. The van der Waals surface area contributed by atoms with Gasteiger partial charge < -0.3 is 5.73 Å². The van der Waals surface area contributed by atoms with E-state index in [1.54, 1.807) is 6.08 Å². The fourth-order valence-electron chi connectivity index (χ4n) is 0.866. The zero-order valence-corrected chi connectivity index (χ0v) is 9.59. The van der Waals surface area contributed by atoms with Crippen LogP contribution >= 0.6 is 0 Å². The average molecular weight is 201 g/mol. The van der Waals surface area contributed by atoms with E-state index in [0.717, 1.165) is 22.4 Å². The number of hydrogen-bond acceptors (Lipinski definition) is 1. The van der Waals surface area contributed by atoms with Gasteiger partial charge in [-0.25, -0.2) is 0 Å². The van der Waals surface area contributed by atoms with Gasteiger partial charge in [-0.2, -0.15) is 0 Å². The highest BCUT2D eigenvalue weighted by Crippen LogP contribution is 2.11. The highest BCUT2D eigenvalue weighted by atomic mass is 14.5. The first-order valence-corrected chi connectivity index (χ1v) is 4.76. The molecule has 1 heteroatoms. The molecule has 0 unspecified atom stereocenters. The molecule has 0 amide bonds. The molecule has 1 nitrogen and oxygen atoms in total. The van der Waals surface area contributed by atoms with Crippen molar-refractivity contribution in [3.8, 4) is 0 Å². The normalized spacial score (nSPS) is 12.9. The molecule has 2 N–H and O–H groups in total. The second-order valence-corrected chi connectivity index (χ2v) is 3.44. The molecule has 0 radical (unpaired) electrons. The van der Waals surface area contributed by atoms with Gasteiger partial charge in [-0.15, -0.1) is 0 Å². The quantitative estimate of drug-likeness (QED) is 0.675. The van der Waals surface area contributed by atoms with Crippen molar-refractivity contribution in [3.05, 3.63) is 72.5 Å². The Morgan fingerprint density at radius 1 is 1.07 bits per heavy atom. The molecular weight excluding hydrogens is 182 g/mol. The molecular formula is C14H19N. The predicted octanol–water partition coefficient (Wildman–Crippen LogP) is 3.65. The van der Waals surface area contributed by atoms with Gasteiger partial charge in [0.05, 0.1) is 0 Å². The standard InChI is InChI=1S/C14H19N/c1-6-14(10-9-13(5)15)12(4)8-7-11(2)3/h6-10H,1-2,4,15H2,3,5H3/b8-7-,13-9+,14-10+. The van der Waals surface area contributed by atoms with Crippen LogP contribution in [0.15, 0.2) is 72.5 Å². The average Bonchev–Trinajstić information content (AvgIpc) is 2.15. The number of allylic oxidation sites excluding steroid dienone is 9. The SMILES string of the molecule is C=C/C(=C\C=C(/C)N)C(=C)/C=C\C(=C)C. The fourth-order valence-corrected chi connectivity index (χ4v) is 0.866. The van der Waals surface area contributed by atoms with Crippen molar-refractivity contribution in [2.24, 2.45) is 5.73 Å². The lowest BCUT2D eigenvalue weighted by Gasteiger charge is -2.00. The third-order valence-corrected chi connectivity index (χ3v) is 1.69. The van der Waals surface area contributed by atoms with Crippen molar-refractivity contribution >= 4 is 0 Å². The van der Waals surface area contributed by atoms with Gasteiger partial charge in [0.15, 0.2) is 0 Å². The molecule has 0 spiro atoms. The van der Waals surface area contributed by atoms with E-state index in [1.165, 1.54) is 0 Å². The molecule has 0 aromatic heterocycles. The molecule has 15 heavy (non-hydrogen) atoms. The first-order valence-electron chi connectivity index (χ1n) is 4.76. The Morgan fingerprint density at radius 3 is 2.07 bits per heavy atom. The van der Waals surface area contributed by atoms with E-state index in [0.29, 0.717) is 0 Å². The van der Waals surface area contributed by atoms with Gasteiger partial charge >= 0.3 is 0 Å². The van der Waals surface area contributed by atoms with Crippen LogP contribution in [-0.2, 0) is 0 Å². The Balaban J connectivity index is 4.77. The lowest BCUT2D eigenvalue weighted by Crippen LogP contribution is -1.89. The van der Waals surface area contributed by atoms with E-state index < -0.39 is 0 Å². The summed E-state index contributed by atoms with van der Waals surface area (Å²) >= 11 is 0. The Labute approximate surface area is 92.7 Å². The van der Waals surface area contributed by atoms with Crippen molar-refractivity contribution in [3.63, 3.8) is 0 Å². The smallest absolute Gasteiger partial charge is 0.00490 e. The molecule has 0 fully saturated rings. The van der Waals surface area contributed by atoms with Crippen LogP contribution in [0.1, 0.15) is 13.8 Å². The monoisotopic (exact) mass is 201 g/mol. The third-order valence-electron chi connectivity index (χ3n) is 1.69. The van der Waals surface area contributed by atoms with E-state index in [4.69, 9.17) is 5.73 Å². The second-order valence-electron chi connectivity index (χ2n) is 3.44. The topological polar surface area (TPSA) is 26.0 Å². The minimum Gasteiger partial charge on any atom is -0.402 e. The van der Waals surface area contributed by atoms with Crippen LogP contribution in [0, 0.1) is 0 Å². The van der Waals surface area contributed by atoms with Crippen LogP contribution in [0.3, 0.4) is 0 Å². The molecule has 0 bridgehead atoms. The van der Waals surface area contributed by atoms with E-state index in [1.807, 2.05) is 38.2 Å². The minimum absolute atomic E-state index is 0.756. The van der Waals surface area contributed by atoms with Gasteiger partial charge in [0.25, 0.3) is 0 Å². The van der Waals surface area contributed by atoms with Crippen LogP contribution in [0.4, 0.5) is 0 Å². The summed E-state index contributed by atoms with van der Waals surface area (Å²) < 4.78 is 0. The van der Waals surface area contributed by atoms with Gasteiger partial charge in [0.1, 0.15) is 0 Å². The zero-order valence-electron chi connectivity index (χ0n) is 9.59. The summed E-state index contributed by atoms with van der Waals surface area (Å²) in [4.78, 5) is 0. The molecule has 0 aromatic rings. The highest BCUT2D eigenvalue weighted by molar-refractivity contribution is 5.46. The van der Waals surface area contributed by atoms with Crippen LogP contribution < -0.4 is 5.73 Å². The molecule has 0 aliphatic rings. The third kappa shape index (κ3) is 6.33. The van der Waals surface area contributed by atoms with Gasteiger partial charge in [-0.05, 0) is 31.1 Å². The Morgan fingerprint density at radius 2 is 1.67 bits per heavy atom. The van der Waals surface area contributed by atoms with Crippen LogP contribution in [0.2, 0.25) is 0 Å². The second kappa shape index (κ2) is 6.66. The molecule has 0 atom stereocenters. The maximum atomic E-state index is 5.54. The van der Waals surface area contributed by atoms with E-state index in [-0.39, 0.29) is 0 Å². The molecule has 0 aliphatic carbocycles. The maximum Gasteiger partial charge on any atom is 0.00490 e. The Hall–Kier alpha value is -1.76. The van der Waals surface area contributed by atoms with Crippen LogP contribution in [0.25, 0.3) is 0 Å². The minimum atomic E-state index is 0.756. The van der Waals surface area contributed by atoms with E-state index in [2.05, 4.69) is 19.7 Å². The van der Waals surface area contributed by atoms with Crippen molar-refractivity contribution in [2.75, 3.05) is 0 Å². The summed E-state index contributed by atoms with van der Waals surface area (Å²) in [5.74, 6) is 0. The number of rotatable bonds is 5. The van der Waals surface area contributed by atoms with Gasteiger partial charge in [-0.1, -0.05) is 49.6 Å². The van der Waals surface area contributed by atoms with Gasteiger partial charge in [0, 0.05) is 5.70 Å². The summed E-state index contributed by atoms with van der Waals surface area (Å²) in [6.45, 7) is 15.2. The molecule has 0 aromatic carbocycles. The predicted molar refractivity (Wildman–Crippen MR) is 69.3 cm³/mol. The van der Waals surface area contributed by atoms with Crippen molar-refractivity contribution in [1.29, 1.82) is 0 Å². The molecule has 0 heterocycles. The Kier molecular flexibility index (Phi) is 5.88. The summed E-state index contributed by atoms with van der Waals surface area (Å²) in [6.07, 6.45) is 9.31. The summed E-state index contributed by atoms with van der Waals surface area (Å²) in [5, 5.41) is 0. The van der Waals surface area contributed by atoms with Gasteiger partial charge in [0.2, 0.25) is 0 Å². The largest absolute Gasteiger partial charge is 0.402 e. The molecule has 80 valence electrons. The van der Waals surface area contributed by atoms with Crippen LogP contribution in [0.5, 0.6) is 0 Å². The van der Waals surface area contributed by atoms with Crippen molar-refractivity contribution < 1.29 is 0 Å². The molecule has 0 saturated carbocycles. The maximum absolute atomic E-state index is 5.54. The van der Waals surface area contributed by atoms with Crippen LogP contribution in [-0.4, -0.2) is 0 Å². The van der Waals surface area contributed by atoms with E-state index in [9.17, 15) is 0 Å². The molecule has 0 aliphatic heterocycles. The fraction of sp³-hybridized carbons (Fsp3) is 0.143. The first-order chi connectivity index (χ1) is 6.97. The summed E-state index contributed by atoms with van der Waals surface area (Å²) in [7, 11) is 0. The zero-order chi connectivity index (χ0) is 11.8. The molecule has 0 rings (SSSR count). The summed E-state index contributed by atoms with van der Waals surface area (Å²) in [5.41, 5.74) is 9.13. The summed E-state index contributed by atoms with van der Waals surface area (Å²) in [6, 6.07) is 0. The number of hydrogen-bond donors (Lipinski definition) is 1. The Bertz CT molecular complexity index is 348. The van der Waals surface area contributed by atoms with Crippen molar-refractivity contribution in [2.45, 2.75) is 13.8 Å². The first kappa shape index (κ1) is 13.2. The highest BCUT2D eigenvalue weighted by Gasteiger charge is 1.92.